The molecule has 0 saturated carbocycles. The summed E-state index contributed by atoms with van der Waals surface area (Å²) in [5.41, 5.74) is 3.42. The average Bonchev–Trinajstić information content (AvgIpc) is 3.08. The second-order valence-electron chi connectivity index (χ2n) is 5.98. The Bertz CT molecular complexity index is 902. The van der Waals surface area contributed by atoms with Gasteiger partial charge in [-0.15, -0.1) is 5.10 Å². The second-order valence-corrected chi connectivity index (χ2v) is 5.98. The Hall–Kier alpha value is -3.19. The third-order valence-corrected chi connectivity index (χ3v) is 3.96. The van der Waals surface area contributed by atoms with Crippen molar-refractivity contribution in [2.45, 2.75) is 20.5 Å². The predicted octanol–water partition coefficient (Wildman–Crippen LogP) is 3.37. The number of rotatable bonds is 7. The quantitative estimate of drug-likeness (QED) is 0.694. The molecule has 2 aromatic carbocycles. The number of aromatic nitrogens is 3. The van der Waals surface area contributed by atoms with Gasteiger partial charge in [-0.25, -0.2) is 4.68 Å². The van der Waals surface area contributed by atoms with Crippen molar-refractivity contribution in [1.82, 2.24) is 15.0 Å². The first-order valence-corrected chi connectivity index (χ1v) is 8.67. The zero-order chi connectivity index (χ0) is 19.2. The molecule has 1 aromatic heterocycles. The van der Waals surface area contributed by atoms with Gasteiger partial charge in [-0.05, 0) is 50.2 Å². The van der Waals surface area contributed by atoms with Crippen LogP contribution in [0.1, 0.15) is 28.7 Å². The molecule has 3 aromatic rings. The van der Waals surface area contributed by atoms with Crippen LogP contribution in [0.15, 0.2) is 48.5 Å². The van der Waals surface area contributed by atoms with Gasteiger partial charge in [-0.1, -0.05) is 22.9 Å². The number of methoxy groups -OCH3 is 1. The highest BCUT2D eigenvalue weighted by atomic mass is 16.5. The number of carbonyl (C=O) groups is 1. The largest absolute Gasteiger partial charge is 0.494 e. The van der Waals surface area contributed by atoms with Crippen molar-refractivity contribution in [3.05, 3.63) is 65.5 Å². The fourth-order valence-electron chi connectivity index (χ4n) is 2.63. The minimum absolute atomic E-state index is 0.215. The number of ether oxygens (including phenoxy) is 2. The lowest BCUT2D eigenvalue weighted by atomic mass is 10.2. The fourth-order valence-corrected chi connectivity index (χ4v) is 2.63. The van der Waals surface area contributed by atoms with Crippen LogP contribution in [0.3, 0.4) is 0 Å². The van der Waals surface area contributed by atoms with Crippen LogP contribution >= 0.6 is 0 Å². The van der Waals surface area contributed by atoms with Gasteiger partial charge in [0, 0.05) is 12.8 Å². The molecular formula is C20H22N4O3. The van der Waals surface area contributed by atoms with Crippen molar-refractivity contribution in [2.75, 3.05) is 19.0 Å². The highest BCUT2D eigenvalue weighted by molar-refractivity contribution is 6.03. The lowest BCUT2D eigenvalue weighted by Crippen LogP contribution is -2.16. The van der Waals surface area contributed by atoms with Crippen molar-refractivity contribution < 1.29 is 14.3 Å². The van der Waals surface area contributed by atoms with Gasteiger partial charge in [-0.2, -0.15) is 0 Å². The Kier molecular flexibility index (Phi) is 5.83. The number of nitrogens with one attached hydrogen (secondary N) is 1. The molecule has 0 bridgehead atoms. The summed E-state index contributed by atoms with van der Waals surface area (Å²) in [6.45, 7) is 4.74. The van der Waals surface area contributed by atoms with E-state index in [-0.39, 0.29) is 18.2 Å². The van der Waals surface area contributed by atoms with Crippen LogP contribution in [-0.4, -0.2) is 34.6 Å². The van der Waals surface area contributed by atoms with Crippen LogP contribution in [0.25, 0.3) is 5.69 Å². The highest BCUT2D eigenvalue weighted by Gasteiger charge is 2.20. The zero-order valence-electron chi connectivity index (χ0n) is 15.6. The van der Waals surface area contributed by atoms with E-state index in [2.05, 4.69) is 15.6 Å². The van der Waals surface area contributed by atoms with Gasteiger partial charge in [0.1, 0.15) is 11.4 Å². The van der Waals surface area contributed by atoms with Crippen LogP contribution in [0.5, 0.6) is 5.75 Å². The summed E-state index contributed by atoms with van der Waals surface area (Å²) >= 11 is 0. The molecule has 7 heteroatoms. The highest BCUT2D eigenvalue weighted by Crippen LogP contribution is 2.19. The van der Waals surface area contributed by atoms with E-state index in [0.29, 0.717) is 18.0 Å². The molecule has 7 nitrogen and oxygen atoms in total. The molecule has 1 amide bonds. The summed E-state index contributed by atoms with van der Waals surface area (Å²) in [5.74, 6) is 0.408. The number of hydrogen-bond acceptors (Lipinski definition) is 5. The molecule has 0 unspecified atom stereocenters. The summed E-state index contributed by atoms with van der Waals surface area (Å²) in [7, 11) is 1.57. The van der Waals surface area contributed by atoms with Crippen LogP contribution in [0.2, 0.25) is 0 Å². The summed E-state index contributed by atoms with van der Waals surface area (Å²) in [5, 5.41) is 11.0. The van der Waals surface area contributed by atoms with Crippen LogP contribution < -0.4 is 10.1 Å². The first kappa shape index (κ1) is 18.6. The normalized spacial score (nSPS) is 10.6. The standard InChI is InChI=1S/C20H22N4O3/c1-4-27-17-11-7-15(8-12-17)21-20(25)19-18(13-26-3)24(23-22-19)16-9-5-14(2)6-10-16/h5-12H,4,13H2,1-3H3,(H,21,25). The van der Waals surface area contributed by atoms with Crippen molar-refractivity contribution in [3.63, 3.8) is 0 Å². The van der Waals surface area contributed by atoms with E-state index in [1.54, 1.807) is 36.1 Å². The smallest absolute Gasteiger partial charge is 0.278 e. The van der Waals surface area contributed by atoms with E-state index in [1.807, 2.05) is 38.1 Å². The van der Waals surface area contributed by atoms with Gasteiger partial charge >= 0.3 is 0 Å². The number of amides is 1. The molecule has 3 rings (SSSR count). The monoisotopic (exact) mass is 366 g/mol. The van der Waals surface area contributed by atoms with Gasteiger partial charge in [-0.3, -0.25) is 4.79 Å². The minimum Gasteiger partial charge on any atom is -0.494 e. The molecule has 1 N–H and O–H groups in total. The van der Waals surface area contributed by atoms with Gasteiger partial charge in [0.05, 0.1) is 18.9 Å². The Morgan fingerprint density at radius 2 is 1.81 bits per heavy atom. The summed E-state index contributed by atoms with van der Waals surface area (Å²) in [6, 6.07) is 15.0. The first-order valence-electron chi connectivity index (χ1n) is 8.67. The number of anilines is 1. The number of aryl methyl sites for hydroxylation is 1. The molecular weight excluding hydrogens is 344 g/mol. The summed E-state index contributed by atoms with van der Waals surface area (Å²) in [4.78, 5) is 12.7. The number of benzene rings is 2. The Balaban J connectivity index is 1.84. The topological polar surface area (TPSA) is 78.3 Å². The van der Waals surface area contributed by atoms with E-state index >= 15 is 0 Å². The van der Waals surface area contributed by atoms with Crippen LogP contribution in [0, 0.1) is 6.92 Å². The fraction of sp³-hybridized carbons (Fsp3) is 0.250. The Labute approximate surface area is 157 Å². The van der Waals surface area contributed by atoms with Gasteiger partial charge in [0.25, 0.3) is 5.91 Å². The van der Waals surface area contributed by atoms with Gasteiger partial charge < -0.3 is 14.8 Å². The summed E-state index contributed by atoms with van der Waals surface area (Å²) in [6.07, 6.45) is 0. The lowest BCUT2D eigenvalue weighted by Gasteiger charge is -2.09. The van der Waals surface area contributed by atoms with Crippen LogP contribution in [-0.2, 0) is 11.3 Å². The van der Waals surface area contributed by atoms with E-state index in [1.165, 1.54) is 0 Å². The Morgan fingerprint density at radius 1 is 1.11 bits per heavy atom. The van der Waals surface area contributed by atoms with E-state index < -0.39 is 0 Å². The van der Waals surface area contributed by atoms with Crippen molar-refractivity contribution in [3.8, 4) is 11.4 Å². The molecule has 0 aliphatic rings. The maximum absolute atomic E-state index is 12.7. The maximum Gasteiger partial charge on any atom is 0.278 e. The molecule has 1 heterocycles. The third-order valence-electron chi connectivity index (χ3n) is 3.96. The Morgan fingerprint density at radius 3 is 2.44 bits per heavy atom. The van der Waals surface area contributed by atoms with Crippen molar-refractivity contribution in [1.29, 1.82) is 0 Å². The first-order chi connectivity index (χ1) is 13.1. The van der Waals surface area contributed by atoms with Gasteiger partial charge in [0.2, 0.25) is 0 Å². The number of hydrogen-bond donors (Lipinski definition) is 1. The molecule has 0 spiro atoms. The average molecular weight is 366 g/mol. The lowest BCUT2D eigenvalue weighted by molar-refractivity contribution is 0.101. The van der Waals surface area contributed by atoms with Crippen LogP contribution in [0.4, 0.5) is 5.69 Å². The zero-order valence-corrected chi connectivity index (χ0v) is 15.6. The summed E-state index contributed by atoms with van der Waals surface area (Å²) < 4.78 is 12.3. The number of carbonyl (C=O) groups excluding carboxylic acids is 1. The molecule has 0 aliphatic heterocycles. The third kappa shape index (κ3) is 4.32. The second kappa shape index (κ2) is 8.46. The molecule has 0 radical (unpaired) electrons. The molecule has 0 aliphatic carbocycles. The van der Waals surface area contributed by atoms with Crippen molar-refractivity contribution >= 4 is 11.6 Å². The molecule has 0 fully saturated rings. The molecule has 0 atom stereocenters. The predicted molar refractivity (Wildman–Crippen MR) is 102 cm³/mol. The number of nitrogens with zero attached hydrogens (tertiary/aromatic N) is 3. The molecule has 0 saturated heterocycles. The van der Waals surface area contributed by atoms with Gasteiger partial charge in [0.15, 0.2) is 5.69 Å². The van der Waals surface area contributed by atoms with E-state index in [9.17, 15) is 4.79 Å². The molecule has 140 valence electrons. The minimum atomic E-state index is -0.343. The molecule has 27 heavy (non-hydrogen) atoms. The SMILES string of the molecule is CCOc1ccc(NC(=O)c2nnn(-c3ccc(C)cc3)c2COC)cc1. The van der Waals surface area contributed by atoms with E-state index in [0.717, 1.165) is 17.0 Å². The van der Waals surface area contributed by atoms with Crippen molar-refractivity contribution in [2.24, 2.45) is 0 Å². The van der Waals surface area contributed by atoms with E-state index in [4.69, 9.17) is 9.47 Å². The maximum atomic E-state index is 12.7.